The highest BCUT2D eigenvalue weighted by Crippen LogP contribution is 2.41. The van der Waals surface area contributed by atoms with E-state index in [9.17, 15) is 14.4 Å². The number of carboxylic acid groups (broad SMARTS) is 2. The Kier molecular flexibility index (Phi) is 4.85. The van der Waals surface area contributed by atoms with Gasteiger partial charge in [-0.15, -0.1) is 0 Å². The van der Waals surface area contributed by atoms with E-state index in [0.29, 0.717) is 17.9 Å². The zero-order valence-corrected chi connectivity index (χ0v) is 12.3. The van der Waals surface area contributed by atoms with Gasteiger partial charge in [0.1, 0.15) is 6.54 Å². The SMILES string of the molecule is CCOc1cc(/C=C/C(=O)O)cc2c1OCC(=O)N2CC(=O)O. The van der Waals surface area contributed by atoms with Crippen LogP contribution in [0.2, 0.25) is 0 Å². The van der Waals surface area contributed by atoms with Gasteiger partial charge in [0.2, 0.25) is 0 Å². The number of carboxylic acids is 2. The van der Waals surface area contributed by atoms with Crippen LogP contribution in [0.4, 0.5) is 5.69 Å². The summed E-state index contributed by atoms with van der Waals surface area (Å²) in [6, 6.07) is 3.05. The summed E-state index contributed by atoms with van der Waals surface area (Å²) in [5, 5.41) is 17.7. The number of amides is 1. The van der Waals surface area contributed by atoms with Crippen LogP contribution >= 0.6 is 0 Å². The van der Waals surface area contributed by atoms with E-state index in [2.05, 4.69) is 0 Å². The van der Waals surface area contributed by atoms with Crippen LogP contribution in [-0.2, 0) is 14.4 Å². The maximum atomic E-state index is 11.9. The van der Waals surface area contributed by atoms with Gasteiger partial charge >= 0.3 is 11.9 Å². The zero-order chi connectivity index (χ0) is 17.0. The van der Waals surface area contributed by atoms with E-state index in [1.807, 2.05) is 0 Å². The first-order chi connectivity index (χ1) is 10.9. The zero-order valence-electron chi connectivity index (χ0n) is 12.3. The fraction of sp³-hybridized carbons (Fsp3) is 0.267. The molecule has 2 rings (SSSR count). The van der Waals surface area contributed by atoms with Crippen LogP contribution in [-0.4, -0.2) is 47.8 Å². The Morgan fingerprint density at radius 2 is 2.13 bits per heavy atom. The Bertz CT molecular complexity index is 681. The molecular weight excluding hydrogens is 306 g/mol. The second kappa shape index (κ2) is 6.82. The van der Waals surface area contributed by atoms with Gasteiger partial charge < -0.3 is 19.7 Å². The number of anilines is 1. The molecule has 2 N–H and O–H groups in total. The summed E-state index contributed by atoms with van der Waals surface area (Å²) in [6.07, 6.45) is 2.26. The van der Waals surface area contributed by atoms with E-state index in [0.717, 1.165) is 11.0 Å². The number of fused-ring (bicyclic) bond motifs is 1. The predicted molar refractivity (Wildman–Crippen MR) is 79.8 cm³/mol. The molecule has 0 unspecified atom stereocenters. The van der Waals surface area contributed by atoms with Gasteiger partial charge in [-0.3, -0.25) is 14.5 Å². The maximum absolute atomic E-state index is 11.9. The van der Waals surface area contributed by atoms with Gasteiger partial charge in [0.15, 0.2) is 18.1 Å². The highest BCUT2D eigenvalue weighted by molar-refractivity contribution is 6.02. The lowest BCUT2D eigenvalue weighted by molar-refractivity contribution is -0.137. The number of hydrogen-bond donors (Lipinski definition) is 2. The van der Waals surface area contributed by atoms with Gasteiger partial charge in [0, 0.05) is 6.08 Å². The van der Waals surface area contributed by atoms with Crippen LogP contribution in [0.1, 0.15) is 12.5 Å². The van der Waals surface area contributed by atoms with Gasteiger partial charge in [-0.05, 0) is 30.7 Å². The second-order valence-electron chi connectivity index (χ2n) is 4.63. The molecule has 1 aromatic carbocycles. The number of aliphatic carboxylic acids is 2. The maximum Gasteiger partial charge on any atom is 0.328 e. The van der Waals surface area contributed by atoms with Gasteiger partial charge in [-0.25, -0.2) is 4.79 Å². The Hall–Kier alpha value is -3.03. The highest BCUT2D eigenvalue weighted by Gasteiger charge is 2.30. The third-order valence-electron chi connectivity index (χ3n) is 3.00. The molecule has 1 aliphatic heterocycles. The second-order valence-corrected chi connectivity index (χ2v) is 4.63. The molecule has 0 spiro atoms. The summed E-state index contributed by atoms with van der Waals surface area (Å²) < 4.78 is 10.8. The summed E-state index contributed by atoms with van der Waals surface area (Å²) >= 11 is 0. The first-order valence-corrected chi connectivity index (χ1v) is 6.79. The van der Waals surface area contributed by atoms with Crippen LogP contribution < -0.4 is 14.4 Å². The first-order valence-electron chi connectivity index (χ1n) is 6.79. The minimum absolute atomic E-state index is 0.236. The van der Waals surface area contributed by atoms with Crippen LogP contribution in [0.3, 0.4) is 0 Å². The summed E-state index contributed by atoms with van der Waals surface area (Å²) in [5.74, 6) is -2.22. The molecule has 1 amide bonds. The Balaban J connectivity index is 2.53. The average molecular weight is 321 g/mol. The van der Waals surface area contributed by atoms with Crippen molar-refractivity contribution < 1.29 is 34.1 Å². The largest absolute Gasteiger partial charge is 0.490 e. The monoisotopic (exact) mass is 321 g/mol. The van der Waals surface area contributed by atoms with Gasteiger partial charge in [0.25, 0.3) is 5.91 Å². The minimum Gasteiger partial charge on any atom is -0.490 e. The van der Waals surface area contributed by atoms with Crippen LogP contribution in [0.15, 0.2) is 18.2 Å². The predicted octanol–water partition coefficient (Wildman–Crippen LogP) is 0.993. The highest BCUT2D eigenvalue weighted by atomic mass is 16.5. The van der Waals surface area contributed by atoms with E-state index >= 15 is 0 Å². The molecule has 1 aromatic rings. The van der Waals surface area contributed by atoms with Crippen molar-refractivity contribution >= 4 is 29.6 Å². The van der Waals surface area contributed by atoms with E-state index < -0.39 is 24.4 Å². The lowest BCUT2D eigenvalue weighted by atomic mass is 10.1. The van der Waals surface area contributed by atoms with Crippen LogP contribution in [0, 0.1) is 0 Å². The first kappa shape index (κ1) is 16.3. The van der Waals surface area contributed by atoms with Crippen molar-refractivity contribution in [2.24, 2.45) is 0 Å². The minimum atomic E-state index is -1.17. The molecule has 0 saturated carbocycles. The summed E-state index contributed by atoms with van der Waals surface area (Å²) in [7, 11) is 0. The smallest absolute Gasteiger partial charge is 0.328 e. The third kappa shape index (κ3) is 3.79. The summed E-state index contributed by atoms with van der Waals surface area (Å²) in [5.41, 5.74) is 0.683. The van der Waals surface area contributed by atoms with Crippen LogP contribution in [0.5, 0.6) is 11.5 Å². The fourth-order valence-corrected chi connectivity index (χ4v) is 2.14. The van der Waals surface area contributed by atoms with Gasteiger partial charge in [0.05, 0.1) is 12.3 Å². The van der Waals surface area contributed by atoms with E-state index in [1.54, 1.807) is 13.0 Å². The third-order valence-corrected chi connectivity index (χ3v) is 3.00. The quantitative estimate of drug-likeness (QED) is 0.751. The normalized spacial score (nSPS) is 13.6. The molecule has 122 valence electrons. The van der Waals surface area contributed by atoms with Gasteiger partial charge in [-0.1, -0.05) is 0 Å². The molecule has 0 aliphatic carbocycles. The fourth-order valence-electron chi connectivity index (χ4n) is 2.14. The van der Waals surface area contributed by atoms with Crippen molar-refractivity contribution in [2.45, 2.75) is 6.92 Å². The lowest BCUT2D eigenvalue weighted by Crippen LogP contribution is -2.42. The molecule has 1 aliphatic rings. The molecule has 1 heterocycles. The lowest BCUT2D eigenvalue weighted by Gasteiger charge is -2.29. The summed E-state index contributed by atoms with van der Waals surface area (Å²) in [6.45, 7) is 1.28. The average Bonchev–Trinajstić information content (AvgIpc) is 2.48. The number of hydrogen-bond acceptors (Lipinski definition) is 5. The van der Waals surface area contributed by atoms with Crippen molar-refractivity contribution in [1.29, 1.82) is 0 Å². The molecule has 0 radical (unpaired) electrons. The van der Waals surface area contributed by atoms with Crippen molar-refractivity contribution in [3.8, 4) is 11.5 Å². The molecule has 0 bridgehead atoms. The van der Waals surface area contributed by atoms with Crippen molar-refractivity contribution in [3.05, 3.63) is 23.8 Å². The van der Waals surface area contributed by atoms with Crippen molar-refractivity contribution in [1.82, 2.24) is 0 Å². The number of rotatable bonds is 6. The molecule has 0 atom stereocenters. The Labute approximate surface area is 131 Å². The van der Waals surface area contributed by atoms with E-state index in [4.69, 9.17) is 19.7 Å². The summed E-state index contributed by atoms with van der Waals surface area (Å²) in [4.78, 5) is 34.6. The van der Waals surface area contributed by atoms with E-state index in [-0.39, 0.29) is 18.0 Å². The molecule has 8 nitrogen and oxygen atoms in total. The van der Waals surface area contributed by atoms with E-state index in [1.165, 1.54) is 12.1 Å². The number of carbonyl (C=O) groups excluding carboxylic acids is 1. The number of benzene rings is 1. The Morgan fingerprint density at radius 3 is 2.74 bits per heavy atom. The van der Waals surface area contributed by atoms with Gasteiger partial charge in [-0.2, -0.15) is 0 Å². The number of carbonyl (C=O) groups is 3. The van der Waals surface area contributed by atoms with Crippen LogP contribution in [0.25, 0.3) is 6.08 Å². The molecule has 23 heavy (non-hydrogen) atoms. The molecule has 8 heteroatoms. The number of ether oxygens (including phenoxy) is 2. The molecule has 0 aromatic heterocycles. The standard InChI is InChI=1S/C15H15NO7/c1-2-22-11-6-9(3-4-13(18)19)5-10-15(11)23-8-12(17)16(10)7-14(20)21/h3-6H,2,7-8H2,1H3,(H,18,19)(H,20,21)/b4-3+. The van der Waals surface area contributed by atoms with Crippen molar-refractivity contribution in [2.75, 3.05) is 24.7 Å². The molecular formula is C15H15NO7. The van der Waals surface area contributed by atoms with Crippen molar-refractivity contribution in [3.63, 3.8) is 0 Å². The Morgan fingerprint density at radius 1 is 1.39 bits per heavy atom. The molecule has 0 saturated heterocycles. The molecule has 0 fully saturated rings. The topological polar surface area (TPSA) is 113 Å². The number of nitrogens with zero attached hydrogens (tertiary/aromatic N) is 1.